The van der Waals surface area contributed by atoms with E-state index in [9.17, 15) is 4.79 Å². The number of hydrogen-bond acceptors (Lipinski definition) is 6. The summed E-state index contributed by atoms with van der Waals surface area (Å²) in [6.07, 6.45) is 1.51. The minimum atomic E-state index is -0.296. The molecule has 2 heterocycles. The second-order valence-corrected chi connectivity index (χ2v) is 4.81. The highest BCUT2D eigenvalue weighted by Gasteiger charge is 2.24. The fourth-order valence-electron chi connectivity index (χ4n) is 0.972. The molecule has 1 N–H and O–H groups in total. The van der Waals surface area contributed by atoms with E-state index in [0.717, 1.165) is 11.8 Å². The highest BCUT2D eigenvalue weighted by atomic mass is 32.2. The van der Waals surface area contributed by atoms with Gasteiger partial charge in [0.25, 0.3) is 5.56 Å². The number of fused-ring (bicyclic) bond motifs is 1. The number of aromatic amines is 1. The van der Waals surface area contributed by atoms with Gasteiger partial charge in [-0.1, -0.05) is 23.5 Å². The molecule has 0 radical (unpaired) electrons. The fraction of sp³-hybridized carbons (Fsp3) is 0. The molecule has 15 heavy (non-hydrogen) atoms. The summed E-state index contributed by atoms with van der Waals surface area (Å²) in [5.74, 6) is 0. The van der Waals surface area contributed by atoms with Crippen LogP contribution in [0, 0.1) is 22.7 Å². The Morgan fingerprint density at radius 3 is 2.73 bits per heavy atom. The number of rotatable bonds is 0. The van der Waals surface area contributed by atoms with E-state index in [1.165, 1.54) is 18.0 Å². The van der Waals surface area contributed by atoms with Gasteiger partial charge in [0.2, 0.25) is 0 Å². The van der Waals surface area contributed by atoms with Crippen LogP contribution in [0.1, 0.15) is 0 Å². The van der Waals surface area contributed by atoms with Gasteiger partial charge in [-0.05, 0) is 0 Å². The number of allylic oxidation sites excluding steroid dienone is 1. The van der Waals surface area contributed by atoms with Gasteiger partial charge >= 0.3 is 0 Å². The van der Waals surface area contributed by atoms with Crippen molar-refractivity contribution in [1.29, 1.82) is 10.5 Å². The monoisotopic (exact) mass is 234 g/mol. The van der Waals surface area contributed by atoms with Crippen molar-refractivity contribution < 1.29 is 0 Å². The molecular weight excluding hydrogens is 232 g/mol. The highest BCUT2D eigenvalue weighted by Crippen LogP contribution is 2.49. The van der Waals surface area contributed by atoms with Crippen LogP contribution >= 0.6 is 23.5 Å². The van der Waals surface area contributed by atoms with Crippen molar-refractivity contribution in [2.75, 3.05) is 0 Å². The van der Waals surface area contributed by atoms with Gasteiger partial charge in [-0.2, -0.15) is 15.6 Å². The standard InChI is InChI=1S/C8H2N4OS2/c9-1-4(2-10)8-14-5-3-11-12-7(13)6(5)15-8/h3H,(H,12,13). The van der Waals surface area contributed by atoms with Crippen LogP contribution in [0.5, 0.6) is 0 Å². The molecule has 0 fully saturated rings. The first-order valence-electron chi connectivity index (χ1n) is 3.74. The Morgan fingerprint density at radius 2 is 2.13 bits per heavy atom. The molecule has 1 aliphatic heterocycles. The molecule has 72 valence electrons. The molecule has 1 aliphatic rings. The number of nitrogens with one attached hydrogen (secondary N) is 1. The minimum absolute atomic E-state index is 0.0283. The molecule has 0 saturated heterocycles. The Bertz CT molecular complexity index is 574. The molecule has 7 heteroatoms. The Hall–Kier alpha value is -1.70. The van der Waals surface area contributed by atoms with Crippen LogP contribution < -0.4 is 5.56 Å². The number of nitrogens with zero attached hydrogens (tertiary/aromatic N) is 3. The number of H-pyrrole nitrogens is 1. The van der Waals surface area contributed by atoms with Crippen molar-refractivity contribution in [3.05, 3.63) is 26.4 Å². The minimum Gasteiger partial charge on any atom is -0.267 e. The van der Waals surface area contributed by atoms with Gasteiger partial charge in [0, 0.05) is 0 Å². The quantitative estimate of drug-likeness (QED) is 0.678. The van der Waals surface area contributed by atoms with Gasteiger partial charge in [0.05, 0.1) is 20.2 Å². The molecule has 0 saturated carbocycles. The molecule has 0 amide bonds. The maximum atomic E-state index is 11.3. The van der Waals surface area contributed by atoms with Gasteiger partial charge < -0.3 is 0 Å². The van der Waals surface area contributed by atoms with Crippen molar-refractivity contribution in [2.45, 2.75) is 9.79 Å². The molecule has 0 aliphatic carbocycles. The van der Waals surface area contributed by atoms with Crippen molar-refractivity contribution in [3.63, 3.8) is 0 Å². The summed E-state index contributed by atoms with van der Waals surface area (Å²) in [5.41, 5.74) is -0.268. The van der Waals surface area contributed by atoms with E-state index in [-0.39, 0.29) is 11.1 Å². The van der Waals surface area contributed by atoms with Gasteiger partial charge in [-0.3, -0.25) is 4.79 Å². The zero-order chi connectivity index (χ0) is 10.8. The summed E-state index contributed by atoms with van der Waals surface area (Å²) in [6, 6.07) is 3.58. The number of thioether (sulfide) groups is 2. The third-order valence-electron chi connectivity index (χ3n) is 1.60. The van der Waals surface area contributed by atoms with E-state index in [1.807, 2.05) is 0 Å². The third-order valence-corrected chi connectivity index (χ3v) is 4.15. The normalized spacial score (nSPS) is 12.8. The molecule has 0 bridgehead atoms. The second kappa shape index (κ2) is 3.81. The first kappa shape index (κ1) is 9.84. The zero-order valence-electron chi connectivity index (χ0n) is 7.14. The highest BCUT2D eigenvalue weighted by molar-refractivity contribution is 8.24. The average Bonchev–Trinajstić information content (AvgIpc) is 2.65. The molecule has 0 unspecified atom stereocenters. The van der Waals surface area contributed by atoms with Gasteiger partial charge in [0.1, 0.15) is 17.7 Å². The van der Waals surface area contributed by atoms with Crippen molar-refractivity contribution in [2.24, 2.45) is 0 Å². The summed E-state index contributed by atoms with van der Waals surface area (Å²) in [5, 5.41) is 23.3. The summed E-state index contributed by atoms with van der Waals surface area (Å²) in [7, 11) is 0. The van der Waals surface area contributed by atoms with Crippen molar-refractivity contribution in [3.8, 4) is 12.1 Å². The lowest BCUT2D eigenvalue weighted by Crippen LogP contribution is -2.08. The lowest BCUT2D eigenvalue weighted by Gasteiger charge is -1.89. The van der Waals surface area contributed by atoms with E-state index in [1.54, 1.807) is 12.1 Å². The van der Waals surface area contributed by atoms with Gasteiger partial charge in [-0.25, -0.2) is 5.10 Å². The van der Waals surface area contributed by atoms with E-state index in [2.05, 4.69) is 10.2 Å². The largest absolute Gasteiger partial charge is 0.279 e. The zero-order valence-corrected chi connectivity index (χ0v) is 8.78. The average molecular weight is 234 g/mol. The van der Waals surface area contributed by atoms with Crippen LogP contribution in [0.3, 0.4) is 0 Å². The Kier molecular flexibility index (Phi) is 2.50. The Balaban J connectivity index is 2.53. The topological polar surface area (TPSA) is 93.3 Å². The van der Waals surface area contributed by atoms with Gasteiger partial charge in [0.15, 0.2) is 0 Å². The lowest BCUT2D eigenvalue weighted by atomic mass is 10.4. The summed E-state index contributed by atoms with van der Waals surface area (Å²) in [4.78, 5) is 12.5. The Labute approximate surface area is 92.8 Å². The van der Waals surface area contributed by atoms with E-state index in [4.69, 9.17) is 10.5 Å². The predicted molar refractivity (Wildman–Crippen MR) is 54.8 cm³/mol. The molecule has 0 spiro atoms. The summed E-state index contributed by atoms with van der Waals surface area (Å²) >= 11 is 2.36. The van der Waals surface area contributed by atoms with E-state index >= 15 is 0 Å². The maximum absolute atomic E-state index is 11.3. The van der Waals surface area contributed by atoms with Crippen LogP contribution in [0.15, 0.2) is 30.6 Å². The molecule has 2 rings (SSSR count). The second-order valence-electron chi connectivity index (χ2n) is 2.48. The van der Waals surface area contributed by atoms with E-state index < -0.39 is 0 Å². The summed E-state index contributed by atoms with van der Waals surface area (Å²) < 4.78 is 0.536. The molecule has 1 aromatic rings. The predicted octanol–water partition coefficient (Wildman–Crippen LogP) is 1.23. The molecular formula is C8H2N4OS2. The lowest BCUT2D eigenvalue weighted by molar-refractivity contribution is 0.901. The SMILES string of the molecule is N#CC(C#N)=C1Sc2cn[nH]c(=O)c2S1. The third kappa shape index (κ3) is 1.63. The molecule has 0 atom stereocenters. The number of nitriles is 2. The fourth-order valence-corrected chi connectivity index (χ4v) is 3.26. The molecule has 5 nitrogen and oxygen atoms in total. The first-order valence-corrected chi connectivity index (χ1v) is 5.37. The molecule has 1 aromatic heterocycles. The maximum Gasteiger partial charge on any atom is 0.279 e. The van der Waals surface area contributed by atoms with Crippen LogP contribution in [-0.2, 0) is 0 Å². The Morgan fingerprint density at radius 1 is 1.40 bits per heavy atom. The number of aromatic nitrogens is 2. The van der Waals surface area contributed by atoms with Crippen LogP contribution in [0.4, 0.5) is 0 Å². The summed E-state index contributed by atoms with van der Waals surface area (Å²) in [6.45, 7) is 0. The van der Waals surface area contributed by atoms with Crippen molar-refractivity contribution >= 4 is 23.5 Å². The first-order chi connectivity index (χ1) is 7.26. The smallest absolute Gasteiger partial charge is 0.267 e. The van der Waals surface area contributed by atoms with Crippen molar-refractivity contribution in [1.82, 2.24) is 10.2 Å². The van der Waals surface area contributed by atoms with Crippen LogP contribution in [0.2, 0.25) is 0 Å². The number of hydrogen-bond donors (Lipinski definition) is 1. The van der Waals surface area contributed by atoms with Crippen LogP contribution in [-0.4, -0.2) is 10.2 Å². The van der Waals surface area contributed by atoms with Gasteiger partial charge in [-0.15, -0.1) is 0 Å². The van der Waals surface area contributed by atoms with Crippen LogP contribution in [0.25, 0.3) is 0 Å². The molecule has 0 aromatic carbocycles. The van der Waals surface area contributed by atoms with E-state index in [0.29, 0.717) is 14.0 Å².